The molecule has 0 spiro atoms. The second-order valence-corrected chi connectivity index (χ2v) is 9.00. The van der Waals surface area contributed by atoms with E-state index in [1.54, 1.807) is 36.4 Å². The number of carbonyl (C=O) groups is 1. The first-order valence-corrected chi connectivity index (χ1v) is 11.8. The number of carbonyl (C=O) groups excluding carboxylic acids is 1. The third-order valence-corrected chi connectivity index (χ3v) is 6.72. The van der Waals surface area contributed by atoms with Crippen LogP contribution in [0.5, 0.6) is 0 Å². The number of aromatic nitrogens is 1. The normalized spacial score (nSPS) is 18.4. The Morgan fingerprint density at radius 3 is 2.43 bits per heavy atom. The van der Waals surface area contributed by atoms with Gasteiger partial charge in [-0.1, -0.05) is 25.1 Å². The molecule has 2 aromatic carbocycles. The molecule has 1 aliphatic carbocycles. The zero-order valence-electron chi connectivity index (χ0n) is 19.5. The van der Waals surface area contributed by atoms with Crippen molar-refractivity contribution in [2.75, 3.05) is 13.1 Å². The molecule has 1 aromatic heterocycles. The molecule has 1 saturated carbocycles. The number of nitrogens with zero attached hydrogens (tertiary/aromatic N) is 3. The van der Waals surface area contributed by atoms with Crippen molar-refractivity contribution in [2.45, 2.75) is 44.7 Å². The first kappa shape index (κ1) is 24.7. The molecule has 182 valence electrons. The van der Waals surface area contributed by atoms with Crippen LogP contribution < -0.4 is 5.43 Å². The lowest BCUT2D eigenvalue weighted by molar-refractivity contribution is -0.141. The summed E-state index contributed by atoms with van der Waals surface area (Å²) in [7, 11) is 0. The maximum absolute atomic E-state index is 13.5. The Balaban J connectivity index is 1.40. The van der Waals surface area contributed by atoms with Crippen molar-refractivity contribution in [3.63, 3.8) is 0 Å². The second kappa shape index (κ2) is 10.4. The van der Waals surface area contributed by atoms with Gasteiger partial charge in [0.05, 0.1) is 17.1 Å². The van der Waals surface area contributed by atoms with Gasteiger partial charge in [-0.2, -0.15) is 18.4 Å². The average molecular weight is 481 g/mol. The third-order valence-electron chi connectivity index (χ3n) is 6.72. The summed E-state index contributed by atoms with van der Waals surface area (Å²) in [6, 6.07) is 16.8. The molecule has 1 heterocycles. The number of rotatable bonds is 6. The van der Waals surface area contributed by atoms with Crippen molar-refractivity contribution in [3.05, 3.63) is 77.0 Å². The van der Waals surface area contributed by atoms with Crippen LogP contribution in [0.3, 0.4) is 0 Å². The van der Waals surface area contributed by atoms with Crippen LogP contribution in [-0.2, 0) is 6.18 Å². The molecule has 0 saturated heterocycles. The Kier molecular flexibility index (Phi) is 7.37. The van der Waals surface area contributed by atoms with Crippen LogP contribution in [0.25, 0.3) is 10.9 Å². The summed E-state index contributed by atoms with van der Waals surface area (Å²) in [6.45, 7) is 3.27. The highest BCUT2D eigenvalue weighted by atomic mass is 19.4. The zero-order valence-corrected chi connectivity index (χ0v) is 19.5. The van der Waals surface area contributed by atoms with Crippen molar-refractivity contribution in [2.24, 2.45) is 5.92 Å². The Hall–Kier alpha value is -3.44. The molecule has 4 rings (SSSR count). The quantitative estimate of drug-likeness (QED) is 0.435. The predicted molar refractivity (Wildman–Crippen MR) is 127 cm³/mol. The fourth-order valence-electron chi connectivity index (χ4n) is 4.81. The van der Waals surface area contributed by atoms with Gasteiger partial charge in [0.1, 0.15) is 5.69 Å². The van der Waals surface area contributed by atoms with E-state index < -0.39 is 11.9 Å². The van der Waals surface area contributed by atoms with Crippen LogP contribution in [0, 0.1) is 17.2 Å². The fourth-order valence-corrected chi connectivity index (χ4v) is 4.81. The van der Waals surface area contributed by atoms with Gasteiger partial charge in [0.2, 0.25) is 0 Å². The van der Waals surface area contributed by atoms with Gasteiger partial charge in [-0.25, -0.2) is 9.99 Å². The molecular formula is C27H27F3N4O. The number of hydrazine groups is 1. The molecule has 1 amide bonds. The highest BCUT2D eigenvalue weighted by Crippen LogP contribution is 2.40. The van der Waals surface area contributed by atoms with E-state index in [4.69, 9.17) is 5.26 Å². The largest absolute Gasteiger partial charge is 0.433 e. The standard InChI is InChI=1S/C27H27F3N4O/c1-2-34(33-26(35)21-13-7-18(16-31)8-14-21)17-19-9-11-20(12-10-19)23-15-25(27(28,29)30)32-24-6-4-3-5-22(23)24/h3-8,13-15,19-20H,2,9-12,17H2,1H3,(H,33,35). The minimum atomic E-state index is -4.48. The van der Waals surface area contributed by atoms with Gasteiger partial charge in [0.25, 0.3) is 5.91 Å². The minimum Gasteiger partial charge on any atom is -0.285 e. The number of para-hydroxylation sites is 1. The average Bonchev–Trinajstić information content (AvgIpc) is 2.87. The summed E-state index contributed by atoms with van der Waals surface area (Å²) in [4.78, 5) is 16.4. The number of fused-ring (bicyclic) bond motifs is 1. The summed E-state index contributed by atoms with van der Waals surface area (Å²) in [5.74, 6) is 0.152. The van der Waals surface area contributed by atoms with Gasteiger partial charge in [0.15, 0.2) is 0 Å². The van der Waals surface area contributed by atoms with Gasteiger partial charge in [0, 0.05) is 24.0 Å². The number of hydrogen-bond donors (Lipinski definition) is 1. The molecule has 0 atom stereocenters. The van der Waals surface area contributed by atoms with E-state index in [0.29, 0.717) is 35.7 Å². The molecule has 0 unspecified atom stereocenters. The molecule has 0 bridgehead atoms. The first-order valence-electron chi connectivity index (χ1n) is 11.8. The number of benzene rings is 2. The van der Waals surface area contributed by atoms with E-state index in [2.05, 4.69) is 10.4 Å². The Labute approximate surface area is 202 Å². The van der Waals surface area contributed by atoms with Gasteiger partial charge in [-0.05, 0) is 79.5 Å². The summed E-state index contributed by atoms with van der Waals surface area (Å²) in [5.41, 5.74) is 4.18. The van der Waals surface area contributed by atoms with Gasteiger partial charge < -0.3 is 0 Å². The molecule has 35 heavy (non-hydrogen) atoms. The van der Waals surface area contributed by atoms with Crippen molar-refractivity contribution in [1.29, 1.82) is 5.26 Å². The topological polar surface area (TPSA) is 69.0 Å². The van der Waals surface area contributed by atoms with E-state index in [1.807, 2.05) is 30.1 Å². The van der Waals surface area contributed by atoms with Crippen LogP contribution in [0.1, 0.15) is 65.7 Å². The highest BCUT2D eigenvalue weighted by Gasteiger charge is 2.35. The lowest BCUT2D eigenvalue weighted by Gasteiger charge is -2.33. The first-order chi connectivity index (χ1) is 16.8. The monoisotopic (exact) mass is 480 g/mol. The Morgan fingerprint density at radius 2 is 1.80 bits per heavy atom. The lowest BCUT2D eigenvalue weighted by Crippen LogP contribution is -2.45. The van der Waals surface area contributed by atoms with Gasteiger partial charge in [-0.15, -0.1) is 0 Å². The number of halogens is 3. The fraction of sp³-hybridized carbons (Fsp3) is 0.370. The number of nitrogens with one attached hydrogen (secondary N) is 1. The van der Waals surface area contributed by atoms with E-state index in [-0.39, 0.29) is 11.8 Å². The summed E-state index contributed by atoms with van der Waals surface area (Å²) < 4.78 is 40.4. The SMILES string of the molecule is CCN(CC1CCC(c2cc(C(F)(F)F)nc3ccccc23)CC1)NC(=O)c1ccc(C#N)cc1. The molecule has 8 heteroatoms. The van der Waals surface area contributed by atoms with E-state index >= 15 is 0 Å². The third kappa shape index (κ3) is 5.80. The van der Waals surface area contributed by atoms with Crippen LogP contribution in [0.4, 0.5) is 13.2 Å². The zero-order chi connectivity index (χ0) is 25.0. The Bertz CT molecular complexity index is 1230. The molecular weight excluding hydrogens is 453 g/mol. The minimum absolute atomic E-state index is 0.0450. The molecule has 0 radical (unpaired) electrons. The highest BCUT2D eigenvalue weighted by molar-refractivity contribution is 5.93. The number of pyridine rings is 1. The summed E-state index contributed by atoms with van der Waals surface area (Å²) in [6.07, 6.45) is -1.17. The predicted octanol–water partition coefficient (Wildman–Crippen LogP) is 6.07. The number of alkyl halides is 3. The maximum Gasteiger partial charge on any atom is 0.433 e. The van der Waals surface area contributed by atoms with E-state index in [1.165, 1.54) is 6.07 Å². The van der Waals surface area contributed by atoms with E-state index in [9.17, 15) is 18.0 Å². The van der Waals surface area contributed by atoms with Crippen molar-refractivity contribution < 1.29 is 18.0 Å². The van der Waals surface area contributed by atoms with E-state index in [0.717, 1.165) is 36.6 Å². The van der Waals surface area contributed by atoms with Crippen LogP contribution in [0.15, 0.2) is 54.6 Å². The van der Waals surface area contributed by atoms with Gasteiger partial charge >= 0.3 is 6.18 Å². The molecule has 3 aromatic rings. The molecule has 1 aliphatic rings. The number of nitriles is 1. The number of amides is 1. The second-order valence-electron chi connectivity index (χ2n) is 9.00. The van der Waals surface area contributed by atoms with Crippen LogP contribution in [-0.4, -0.2) is 29.0 Å². The van der Waals surface area contributed by atoms with Crippen LogP contribution >= 0.6 is 0 Å². The lowest BCUT2D eigenvalue weighted by atomic mass is 9.77. The van der Waals surface area contributed by atoms with Crippen molar-refractivity contribution in [1.82, 2.24) is 15.4 Å². The molecule has 0 aliphatic heterocycles. The van der Waals surface area contributed by atoms with Crippen LogP contribution in [0.2, 0.25) is 0 Å². The number of hydrogen-bond acceptors (Lipinski definition) is 4. The van der Waals surface area contributed by atoms with Crippen molar-refractivity contribution >= 4 is 16.8 Å². The maximum atomic E-state index is 13.5. The van der Waals surface area contributed by atoms with Gasteiger partial charge in [-0.3, -0.25) is 10.2 Å². The Morgan fingerprint density at radius 1 is 1.11 bits per heavy atom. The molecule has 1 N–H and O–H groups in total. The molecule has 1 fully saturated rings. The molecule has 5 nitrogen and oxygen atoms in total. The smallest absolute Gasteiger partial charge is 0.285 e. The summed E-state index contributed by atoms with van der Waals surface area (Å²) in [5, 5.41) is 11.6. The summed E-state index contributed by atoms with van der Waals surface area (Å²) >= 11 is 0. The van der Waals surface area contributed by atoms with Crippen molar-refractivity contribution in [3.8, 4) is 6.07 Å².